The molecule has 4 rings (SSSR count). The van der Waals surface area contributed by atoms with Crippen molar-refractivity contribution in [3.8, 4) is 5.88 Å². The molecule has 2 heterocycles. The van der Waals surface area contributed by atoms with E-state index in [4.69, 9.17) is 4.74 Å². The van der Waals surface area contributed by atoms with Gasteiger partial charge >= 0.3 is 0 Å². The Balaban J connectivity index is 0.00000210. The molecule has 3 nitrogen and oxygen atoms in total. The minimum atomic E-state index is -0.249. The highest BCUT2D eigenvalue weighted by Gasteiger charge is 2.13. The van der Waals surface area contributed by atoms with E-state index in [0.717, 1.165) is 28.7 Å². The Morgan fingerprint density at radius 3 is 2.44 bits per heavy atom. The van der Waals surface area contributed by atoms with Crippen LogP contribution < -0.4 is 4.74 Å². The van der Waals surface area contributed by atoms with Crippen molar-refractivity contribution < 1.29 is 9.13 Å². The maximum Gasteiger partial charge on any atom is 0.238 e. The van der Waals surface area contributed by atoms with Crippen molar-refractivity contribution >= 4 is 23.3 Å². The fourth-order valence-corrected chi connectivity index (χ4v) is 3.12. The summed E-state index contributed by atoms with van der Waals surface area (Å²) in [6.07, 6.45) is 1.76. The topological polar surface area (TPSA) is 27.1 Å². The first kappa shape index (κ1) is 18.9. The number of aryl methyl sites for hydroxylation is 1. The van der Waals surface area contributed by atoms with Gasteiger partial charge in [0.25, 0.3) is 0 Å². The number of aromatic nitrogens is 2. The second-order valence-electron chi connectivity index (χ2n) is 6.33. The minimum absolute atomic E-state index is 0. The molecular formula is C22H20ClFN2O. The summed E-state index contributed by atoms with van der Waals surface area (Å²) >= 11 is 0. The monoisotopic (exact) mass is 382 g/mol. The van der Waals surface area contributed by atoms with Crippen LogP contribution in [0.2, 0.25) is 0 Å². The number of hydrogen-bond acceptors (Lipinski definition) is 2. The summed E-state index contributed by atoms with van der Waals surface area (Å²) in [4.78, 5) is 4.44. The Morgan fingerprint density at radius 1 is 0.963 bits per heavy atom. The Labute approximate surface area is 163 Å². The van der Waals surface area contributed by atoms with Crippen LogP contribution in [0.1, 0.15) is 16.8 Å². The number of ether oxygens (including phenoxy) is 1. The van der Waals surface area contributed by atoms with Crippen LogP contribution in [0.4, 0.5) is 4.39 Å². The standard InChI is InChI=1S/C22H19FN2O.ClH/c1-16-13-19-11-12-24-22(26-15-18-7-9-20(23)10-8-18)21(19)25(16)14-17-5-3-2-4-6-17;/h2-13H,14-15H2,1H3;1H. The molecule has 0 atom stereocenters. The summed E-state index contributed by atoms with van der Waals surface area (Å²) in [7, 11) is 0. The lowest BCUT2D eigenvalue weighted by molar-refractivity contribution is 0.296. The summed E-state index contributed by atoms with van der Waals surface area (Å²) in [6.45, 7) is 3.20. The lowest BCUT2D eigenvalue weighted by Gasteiger charge is -2.12. The molecule has 0 saturated heterocycles. The molecule has 0 unspecified atom stereocenters. The zero-order chi connectivity index (χ0) is 17.9. The maximum atomic E-state index is 13.1. The van der Waals surface area contributed by atoms with Gasteiger partial charge in [-0.25, -0.2) is 9.37 Å². The molecule has 0 radical (unpaired) electrons. The quantitative estimate of drug-likeness (QED) is 0.453. The van der Waals surface area contributed by atoms with Gasteiger partial charge < -0.3 is 9.30 Å². The van der Waals surface area contributed by atoms with Crippen LogP contribution in [0.5, 0.6) is 5.88 Å². The van der Waals surface area contributed by atoms with Crippen LogP contribution in [0.15, 0.2) is 72.9 Å². The summed E-state index contributed by atoms with van der Waals surface area (Å²) < 4.78 is 21.3. The minimum Gasteiger partial charge on any atom is -0.471 e. The van der Waals surface area contributed by atoms with Crippen molar-refractivity contribution in [3.05, 3.63) is 95.6 Å². The molecule has 2 aromatic carbocycles. The average molecular weight is 383 g/mol. The third-order valence-corrected chi connectivity index (χ3v) is 4.45. The predicted molar refractivity (Wildman–Crippen MR) is 108 cm³/mol. The lowest BCUT2D eigenvalue weighted by atomic mass is 10.2. The third kappa shape index (κ3) is 4.12. The van der Waals surface area contributed by atoms with E-state index in [1.165, 1.54) is 17.7 Å². The van der Waals surface area contributed by atoms with Gasteiger partial charge in [0.15, 0.2) is 0 Å². The van der Waals surface area contributed by atoms with E-state index in [1.807, 2.05) is 24.3 Å². The molecule has 0 aliphatic carbocycles. The molecule has 27 heavy (non-hydrogen) atoms. The fraction of sp³-hybridized carbons (Fsp3) is 0.136. The zero-order valence-electron chi connectivity index (χ0n) is 14.9. The van der Waals surface area contributed by atoms with E-state index in [0.29, 0.717) is 12.5 Å². The molecule has 2 aromatic heterocycles. The van der Waals surface area contributed by atoms with Crippen molar-refractivity contribution in [1.82, 2.24) is 9.55 Å². The molecule has 0 aliphatic heterocycles. The highest BCUT2D eigenvalue weighted by Crippen LogP contribution is 2.28. The Hall–Kier alpha value is -2.85. The van der Waals surface area contributed by atoms with Crippen LogP contribution in [0.25, 0.3) is 10.9 Å². The van der Waals surface area contributed by atoms with E-state index in [1.54, 1.807) is 18.3 Å². The van der Waals surface area contributed by atoms with Gasteiger partial charge in [0.2, 0.25) is 5.88 Å². The molecule has 138 valence electrons. The van der Waals surface area contributed by atoms with Crippen molar-refractivity contribution in [2.45, 2.75) is 20.1 Å². The summed E-state index contributed by atoms with van der Waals surface area (Å²) in [5.74, 6) is 0.345. The van der Waals surface area contributed by atoms with E-state index in [-0.39, 0.29) is 18.2 Å². The molecule has 5 heteroatoms. The van der Waals surface area contributed by atoms with Crippen LogP contribution in [0.3, 0.4) is 0 Å². The zero-order valence-corrected chi connectivity index (χ0v) is 15.7. The number of fused-ring (bicyclic) bond motifs is 1. The van der Waals surface area contributed by atoms with E-state index >= 15 is 0 Å². The summed E-state index contributed by atoms with van der Waals surface area (Å²) in [5, 5.41) is 1.10. The molecule has 0 N–H and O–H groups in total. The number of hydrogen-bond donors (Lipinski definition) is 0. The van der Waals surface area contributed by atoms with Crippen molar-refractivity contribution in [1.29, 1.82) is 0 Å². The SMILES string of the molecule is Cc1cc2ccnc(OCc3ccc(F)cc3)c2n1Cc1ccccc1.Cl. The number of rotatable bonds is 5. The Kier molecular flexibility index (Phi) is 5.77. The number of pyridine rings is 1. The fourth-order valence-electron chi connectivity index (χ4n) is 3.12. The second kappa shape index (κ2) is 8.23. The van der Waals surface area contributed by atoms with Gasteiger partial charge in [-0.15, -0.1) is 12.4 Å². The van der Waals surface area contributed by atoms with Crippen LogP contribution >= 0.6 is 12.4 Å². The van der Waals surface area contributed by atoms with E-state index in [9.17, 15) is 4.39 Å². The van der Waals surface area contributed by atoms with Crippen LogP contribution in [0, 0.1) is 12.7 Å². The molecule has 0 bridgehead atoms. The highest BCUT2D eigenvalue weighted by atomic mass is 35.5. The Morgan fingerprint density at radius 2 is 1.70 bits per heavy atom. The van der Waals surface area contributed by atoms with Gasteiger partial charge in [0.05, 0.1) is 0 Å². The lowest BCUT2D eigenvalue weighted by Crippen LogP contribution is -2.04. The summed E-state index contributed by atoms with van der Waals surface area (Å²) in [5.41, 5.74) is 4.27. The molecule has 4 aromatic rings. The smallest absolute Gasteiger partial charge is 0.238 e. The molecule has 0 aliphatic rings. The third-order valence-electron chi connectivity index (χ3n) is 4.45. The number of benzene rings is 2. The first-order chi connectivity index (χ1) is 12.7. The Bertz CT molecular complexity index is 1030. The van der Waals surface area contributed by atoms with Crippen molar-refractivity contribution in [2.24, 2.45) is 0 Å². The van der Waals surface area contributed by atoms with Crippen molar-refractivity contribution in [3.63, 3.8) is 0 Å². The number of nitrogens with zero attached hydrogens (tertiary/aromatic N) is 2. The largest absolute Gasteiger partial charge is 0.471 e. The maximum absolute atomic E-state index is 13.1. The van der Waals surface area contributed by atoms with E-state index in [2.05, 4.69) is 34.7 Å². The van der Waals surface area contributed by atoms with Gasteiger partial charge in [-0.05, 0) is 42.3 Å². The molecule has 0 saturated carbocycles. The number of halogens is 2. The van der Waals surface area contributed by atoms with Crippen molar-refractivity contribution in [2.75, 3.05) is 0 Å². The van der Waals surface area contributed by atoms with Gasteiger partial charge in [-0.2, -0.15) is 0 Å². The predicted octanol–water partition coefficient (Wildman–Crippen LogP) is 5.53. The molecule has 0 fully saturated rings. The van der Waals surface area contributed by atoms with Gasteiger partial charge in [-0.1, -0.05) is 42.5 Å². The molecular weight excluding hydrogens is 363 g/mol. The van der Waals surface area contributed by atoms with Gasteiger partial charge in [-0.3, -0.25) is 0 Å². The molecule has 0 amide bonds. The first-order valence-corrected chi connectivity index (χ1v) is 8.57. The second-order valence-corrected chi connectivity index (χ2v) is 6.33. The van der Waals surface area contributed by atoms with E-state index < -0.39 is 0 Å². The average Bonchev–Trinajstić information content (AvgIpc) is 2.98. The van der Waals surface area contributed by atoms with Gasteiger partial charge in [0, 0.05) is 23.8 Å². The first-order valence-electron chi connectivity index (χ1n) is 8.57. The summed E-state index contributed by atoms with van der Waals surface area (Å²) in [6, 6.07) is 20.8. The normalized spacial score (nSPS) is 10.6. The van der Waals surface area contributed by atoms with Crippen LogP contribution in [-0.2, 0) is 13.2 Å². The van der Waals surface area contributed by atoms with Gasteiger partial charge in [0.1, 0.15) is 17.9 Å². The molecule has 0 spiro atoms. The highest BCUT2D eigenvalue weighted by molar-refractivity contribution is 5.85. The van der Waals surface area contributed by atoms with Crippen LogP contribution in [-0.4, -0.2) is 9.55 Å².